The first-order chi connectivity index (χ1) is 12.2. The molecular weight excluding hydrogens is 433 g/mol. The van der Waals surface area contributed by atoms with Crippen molar-refractivity contribution in [3.05, 3.63) is 68.6 Å². The van der Waals surface area contributed by atoms with E-state index in [0.717, 1.165) is 12.8 Å². The maximum atomic E-state index is 12.3. The third kappa shape index (κ3) is 2.59. The molecular formula is C20H16InNO2S. The van der Waals surface area contributed by atoms with Gasteiger partial charge < -0.3 is 0 Å². The zero-order valence-corrected chi connectivity index (χ0v) is 17.7. The molecule has 1 fully saturated rings. The topological polar surface area (TPSA) is 46.2 Å². The molecule has 3 aliphatic rings. The number of thioether (sulfide) groups is 1. The molecule has 0 saturated carbocycles. The van der Waals surface area contributed by atoms with Gasteiger partial charge in [0.25, 0.3) is 0 Å². The Hall–Kier alpha value is -1.46. The summed E-state index contributed by atoms with van der Waals surface area (Å²) in [4.78, 5) is 24.0. The first-order valence-electron chi connectivity index (χ1n) is 8.60. The Morgan fingerprint density at radius 1 is 1.04 bits per heavy atom. The van der Waals surface area contributed by atoms with E-state index in [9.17, 15) is 9.59 Å². The number of carbonyl (C=O) groups is 2. The number of benzene rings is 2. The van der Waals surface area contributed by atoms with E-state index in [4.69, 9.17) is 0 Å². The summed E-state index contributed by atoms with van der Waals surface area (Å²) in [5.74, 6) is -0.0880. The zero-order chi connectivity index (χ0) is 17.0. The zero-order valence-electron chi connectivity index (χ0n) is 13.6. The molecule has 2 atom stereocenters. The molecule has 0 radical (unpaired) electrons. The van der Waals surface area contributed by atoms with Gasteiger partial charge in [-0.3, -0.25) is 0 Å². The summed E-state index contributed by atoms with van der Waals surface area (Å²) in [6, 6.07) is 17.3. The summed E-state index contributed by atoms with van der Waals surface area (Å²) < 4.78 is 3.43. The number of imide groups is 1. The van der Waals surface area contributed by atoms with Crippen molar-refractivity contribution >= 4 is 53.7 Å². The normalized spacial score (nSPS) is 23.2. The van der Waals surface area contributed by atoms with E-state index in [1.807, 2.05) is 0 Å². The van der Waals surface area contributed by atoms with Gasteiger partial charge in [-0.15, -0.1) is 0 Å². The number of allylic oxidation sites excluding steroid dienone is 1. The molecule has 2 unspecified atom stereocenters. The van der Waals surface area contributed by atoms with Gasteiger partial charge in [0.2, 0.25) is 0 Å². The molecule has 5 rings (SSSR count). The number of hydrogen-bond acceptors (Lipinski definition) is 3. The van der Waals surface area contributed by atoms with Crippen LogP contribution in [0.15, 0.2) is 51.9 Å². The molecule has 5 heteroatoms. The second-order valence-electron chi connectivity index (χ2n) is 6.91. The summed E-state index contributed by atoms with van der Waals surface area (Å²) in [5, 5.41) is 2.08. The number of rotatable bonds is 4. The fraction of sp³-hybridized carbons (Fsp3) is 0.200. The molecule has 1 N–H and O–H groups in total. The molecule has 0 aromatic heterocycles. The Kier molecular flexibility index (Phi) is 3.82. The number of carbonyl (C=O) groups excluding carboxylic acids is 2. The monoisotopic (exact) mass is 449 g/mol. The van der Waals surface area contributed by atoms with Crippen molar-refractivity contribution in [2.75, 3.05) is 0 Å². The van der Waals surface area contributed by atoms with Crippen molar-refractivity contribution in [1.82, 2.24) is 5.32 Å². The molecule has 0 aliphatic carbocycles. The first-order valence-corrected chi connectivity index (χ1v) is 14.7. The quantitative estimate of drug-likeness (QED) is 0.781. The van der Waals surface area contributed by atoms with Crippen molar-refractivity contribution in [3.8, 4) is 0 Å². The standard InChI is InChI=1S/C20H16NO2S.In/c22-19-18(24-20(23)21-19)14-17-12-10-16(11-13-17)9-5-4-8-15-6-2-1-3-7-15;/h1-3,6-7,9-10,12-14,18H,4,8H2,(H,21,22,23);. The third-order valence-electron chi connectivity index (χ3n) is 5.52. The fourth-order valence-electron chi connectivity index (χ4n) is 4.42. The van der Waals surface area contributed by atoms with Crippen molar-refractivity contribution in [2.24, 2.45) is 0 Å². The van der Waals surface area contributed by atoms with Gasteiger partial charge in [-0.2, -0.15) is 0 Å². The van der Waals surface area contributed by atoms with E-state index in [-0.39, 0.29) is 20.1 Å². The molecule has 2 bridgehead atoms. The number of aryl methyl sites for hydroxylation is 1. The minimum atomic E-state index is -2.30. The van der Waals surface area contributed by atoms with Gasteiger partial charge in [0.1, 0.15) is 0 Å². The van der Waals surface area contributed by atoms with Crippen molar-refractivity contribution in [1.29, 1.82) is 0 Å². The Morgan fingerprint density at radius 2 is 1.88 bits per heavy atom. The summed E-state index contributed by atoms with van der Waals surface area (Å²) >= 11 is -1.09. The van der Waals surface area contributed by atoms with Crippen LogP contribution >= 0.6 is 11.8 Å². The van der Waals surface area contributed by atoms with Gasteiger partial charge in [-0.05, 0) is 0 Å². The number of nitrogens with one attached hydrogen (secondary N) is 1. The fourth-order valence-corrected chi connectivity index (χ4v) is 18.7. The van der Waals surface area contributed by atoms with Crippen LogP contribution in [0, 0.1) is 0 Å². The average molecular weight is 449 g/mol. The van der Waals surface area contributed by atoms with Crippen LogP contribution in [-0.4, -0.2) is 37.8 Å². The van der Waals surface area contributed by atoms with Crippen molar-refractivity contribution < 1.29 is 9.59 Å². The van der Waals surface area contributed by atoms with Crippen LogP contribution in [0.3, 0.4) is 0 Å². The third-order valence-corrected chi connectivity index (χ3v) is 18.6. The van der Waals surface area contributed by atoms with Crippen molar-refractivity contribution in [3.63, 3.8) is 0 Å². The molecule has 3 nitrogen and oxygen atoms in total. The van der Waals surface area contributed by atoms with Gasteiger partial charge in [0, 0.05) is 0 Å². The van der Waals surface area contributed by atoms with Gasteiger partial charge in [0.15, 0.2) is 0 Å². The van der Waals surface area contributed by atoms with Crippen LogP contribution in [0.2, 0.25) is 0 Å². The molecule has 3 aliphatic heterocycles. The first kappa shape index (κ1) is 15.8. The summed E-state index contributed by atoms with van der Waals surface area (Å²) in [6.07, 6.45) is 4.51. The molecule has 25 heavy (non-hydrogen) atoms. The molecule has 3 heterocycles. The van der Waals surface area contributed by atoms with Gasteiger partial charge in [-0.1, -0.05) is 0 Å². The van der Waals surface area contributed by atoms with Gasteiger partial charge in [-0.25, -0.2) is 0 Å². The Balaban J connectivity index is 1.44. The number of fused-ring (bicyclic) bond motifs is 1. The minimum absolute atomic E-state index is 0.0880. The van der Waals surface area contributed by atoms with E-state index in [2.05, 4.69) is 59.9 Å². The van der Waals surface area contributed by atoms with Crippen LogP contribution in [0.4, 0.5) is 4.79 Å². The Labute approximate surface area is 158 Å². The SMILES string of the molecule is O=C1NC(=O)C([CH]2c3ccc4[c](c3)[In]2[C](CCc2ccccc2)=C4)S1. The molecule has 1 saturated heterocycles. The van der Waals surface area contributed by atoms with Crippen molar-refractivity contribution in [2.45, 2.75) is 21.8 Å². The second kappa shape index (κ2) is 6.06. The molecule has 2 amide bonds. The van der Waals surface area contributed by atoms with E-state index in [1.165, 1.54) is 28.5 Å². The summed E-state index contributed by atoms with van der Waals surface area (Å²) in [5.41, 5.74) is 4.01. The Bertz CT molecular complexity index is 925. The average Bonchev–Trinajstić information content (AvgIpc) is 3.22. The van der Waals surface area contributed by atoms with E-state index in [1.54, 1.807) is 6.65 Å². The predicted molar refractivity (Wildman–Crippen MR) is 102 cm³/mol. The summed E-state index contributed by atoms with van der Waals surface area (Å²) in [7, 11) is 0. The van der Waals surface area contributed by atoms with Crippen LogP contribution in [0.1, 0.15) is 26.8 Å². The molecule has 122 valence electrons. The van der Waals surface area contributed by atoms with Crippen LogP contribution < -0.4 is 8.64 Å². The van der Waals surface area contributed by atoms with E-state index >= 15 is 0 Å². The molecule has 0 spiro atoms. The maximum absolute atomic E-state index is 12.3. The number of amides is 2. The van der Waals surface area contributed by atoms with Crippen LogP contribution in [0.25, 0.3) is 6.08 Å². The van der Waals surface area contributed by atoms with E-state index in [0.29, 0.717) is 0 Å². The predicted octanol–water partition coefficient (Wildman–Crippen LogP) is 2.95. The van der Waals surface area contributed by atoms with Gasteiger partial charge >= 0.3 is 159 Å². The Morgan fingerprint density at radius 3 is 2.64 bits per heavy atom. The van der Waals surface area contributed by atoms with Crippen LogP contribution in [-0.2, 0) is 11.2 Å². The van der Waals surface area contributed by atoms with Gasteiger partial charge in [0.05, 0.1) is 0 Å². The summed E-state index contributed by atoms with van der Waals surface area (Å²) in [6.45, 7) is 0. The van der Waals surface area contributed by atoms with E-state index < -0.39 is 21.4 Å². The van der Waals surface area contributed by atoms with Crippen LogP contribution in [0.5, 0.6) is 0 Å². The molecule has 2 aromatic rings. The molecule has 2 aromatic carbocycles. The second-order valence-corrected chi connectivity index (χ2v) is 16.7. The number of hydrogen-bond donors (Lipinski definition) is 1.